The molecule has 0 saturated carbocycles. The maximum absolute atomic E-state index is 13.7. The second-order valence-electron chi connectivity index (χ2n) is 9.90. The topological polar surface area (TPSA) is 123 Å². The summed E-state index contributed by atoms with van der Waals surface area (Å²) in [6, 6.07) is 22.7. The van der Waals surface area contributed by atoms with E-state index in [1.165, 1.54) is 23.3 Å². The number of phenols is 2. The quantitative estimate of drug-likeness (QED) is 0.153. The minimum atomic E-state index is -0.459. The number of Topliss-reactive ketones (excluding diaryl/α,β-unsaturated/α-hetero) is 2. The Morgan fingerprint density at radius 3 is 1.35 bits per heavy atom. The van der Waals surface area contributed by atoms with Gasteiger partial charge in [0.1, 0.15) is 11.5 Å². The van der Waals surface area contributed by atoms with Crippen LogP contribution in [0.4, 0.5) is 0 Å². The summed E-state index contributed by atoms with van der Waals surface area (Å²) in [7, 11) is 0. The van der Waals surface area contributed by atoms with Crippen molar-refractivity contribution in [2.75, 3.05) is 26.2 Å². The number of fused-ring (bicyclic) bond motifs is 2. The molecular weight excluding hydrogens is 504 g/mol. The summed E-state index contributed by atoms with van der Waals surface area (Å²) in [6.07, 6.45) is 1.09. The molecule has 2 aliphatic rings. The molecule has 2 aliphatic carbocycles. The monoisotopic (exact) mass is 538 g/mol. The third-order valence-corrected chi connectivity index (χ3v) is 7.17. The summed E-state index contributed by atoms with van der Waals surface area (Å²) in [5, 5.41) is 34.5. The largest absolute Gasteiger partial charge is 0.507 e. The van der Waals surface area contributed by atoms with Gasteiger partial charge in [0.2, 0.25) is 0 Å². The fourth-order valence-electron chi connectivity index (χ4n) is 5.21. The summed E-state index contributed by atoms with van der Waals surface area (Å²) in [5.74, 6) is -1.54. The Morgan fingerprint density at radius 2 is 0.950 bits per heavy atom. The van der Waals surface area contributed by atoms with Gasteiger partial charge in [-0.2, -0.15) is 0 Å². The minimum Gasteiger partial charge on any atom is -0.507 e. The van der Waals surface area contributed by atoms with E-state index < -0.39 is 11.6 Å². The van der Waals surface area contributed by atoms with Crippen LogP contribution in [0.25, 0.3) is 0 Å². The first-order valence-corrected chi connectivity index (χ1v) is 13.6. The number of nitrogens with one attached hydrogen (secondary N) is 4. The molecular formula is C32H34N4O4. The number of rotatable bonds is 12. The van der Waals surface area contributed by atoms with Crippen molar-refractivity contribution in [3.05, 3.63) is 118 Å². The molecule has 3 aromatic rings. The van der Waals surface area contributed by atoms with E-state index in [0.29, 0.717) is 50.4 Å². The highest BCUT2D eigenvalue weighted by atomic mass is 16.3. The first-order valence-electron chi connectivity index (χ1n) is 13.6. The Hall–Kier alpha value is -4.40. The fraction of sp³-hybridized carbons (Fsp3) is 0.250. The number of hydrogen-bond donors (Lipinski definition) is 6. The Labute approximate surface area is 233 Å². The number of carbonyl (C=O) groups is 2. The molecule has 0 bridgehead atoms. The number of phenolic OH excluding ortho intramolecular Hbond substituents is 2. The summed E-state index contributed by atoms with van der Waals surface area (Å²) in [5.41, 5.74) is 3.97. The van der Waals surface area contributed by atoms with Gasteiger partial charge in [0, 0.05) is 50.7 Å². The lowest BCUT2D eigenvalue weighted by Gasteiger charge is -2.30. The van der Waals surface area contributed by atoms with Gasteiger partial charge in [-0.3, -0.25) is 9.59 Å². The minimum absolute atomic E-state index is 0.143. The first kappa shape index (κ1) is 27.2. The summed E-state index contributed by atoms with van der Waals surface area (Å²) >= 11 is 0. The van der Waals surface area contributed by atoms with Crippen LogP contribution in [0, 0.1) is 0 Å². The van der Waals surface area contributed by atoms with Gasteiger partial charge in [-0.1, -0.05) is 60.7 Å². The van der Waals surface area contributed by atoms with Crippen LogP contribution in [-0.2, 0) is 13.1 Å². The van der Waals surface area contributed by atoms with Gasteiger partial charge in [0.05, 0.1) is 22.3 Å². The highest BCUT2D eigenvalue weighted by Gasteiger charge is 2.41. The van der Waals surface area contributed by atoms with Gasteiger partial charge in [-0.25, -0.2) is 0 Å². The van der Waals surface area contributed by atoms with Gasteiger partial charge in [-0.15, -0.1) is 0 Å². The third-order valence-electron chi connectivity index (χ3n) is 7.17. The van der Waals surface area contributed by atoms with E-state index >= 15 is 0 Å². The van der Waals surface area contributed by atoms with Gasteiger partial charge in [0.25, 0.3) is 0 Å². The highest BCUT2D eigenvalue weighted by Crippen LogP contribution is 2.43. The second kappa shape index (κ2) is 12.6. The number of aromatic hydroxyl groups is 2. The van der Waals surface area contributed by atoms with E-state index in [2.05, 4.69) is 45.5 Å². The molecule has 40 heavy (non-hydrogen) atoms. The molecule has 0 radical (unpaired) electrons. The predicted octanol–water partition coefficient (Wildman–Crippen LogP) is 3.54. The number of carbonyl (C=O) groups excluding carboxylic acids is 2. The Balaban J connectivity index is 1.33. The van der Waals surface area contributed by atoms with Crippen LogP contribution in [0.15, 0.2) is 95.3 Å². The van der Waals surface area contributed by atoms with Crippen molar-refractivity contribution < 1.29 is 19.8 Å². The molecule has 0 aromatic heterocycles. The Bertz CT molecular complexity index is 1340. The molecule has 0 spiro atoms. The van der Waals surface area contributed by atoms with Crippen LogP contribution < -0.4 is 21.3 Å². The van der Waals surface area contributed by atoms with Crippen LogP contribution in [0.2, 0.25) is 0 Å². The van der Waals surface area contributed by atoms with Crippen LogP contribution >= 0.6 is 0 Å². The average Bonchev–Trinajstić information content (AvgIpc) is 2.98. The van der Waals surface area contributed by atoms with Crippen molar-refractivity contribution in [2.45, 2.75) is 25.9 Å². The van der Waals surface area contributed by atoms with Crippen molar-refractivity contribution in [3.63, 3.8) is 0 Å². The van der Waals surface area contributed by atoms with E-state index in [1.54, 1.807) is 0 Å². The van der Waals surface area contributed by atoms with Crippen LogP contribution in [0.1, 0.15) is 44.7 Å². The van der Waals surface area contributed by atoms with Crippen LogP contribution in [-0.4, -0.2) is 48.0 Å². The predicted molar refractivity (Wildman–Crippen MR) is 154 cm³/mol. The molecule has 0 unspecified atom stereocenters. The number of allylic oxidation sites excluding steroid dienone is 4. The molecule has 0 saturated heterocycles. The molecule has 6 N–H and O–H groups in total. The first-order chi connectivity index (χ1) is 19.5. The van der Waals surface area contributed by atoms with E-state index in [1.807, 2.05) is 36.4 Å². The maximum atomic E-state index is 13.7. The Kier molecular flexibility index (Phi) is 8.59. The molecule has 3 aromatic carbocycles. The zero-order valence-electron chi connectivity index (χ0n) is 22.3. The SMILES string of the molecule is O=C1C2=C(NCCNCc3ccccc3)CCC(NCCNCc3ccccc3)=C2C(=O)c2c(O)ccc(O)c21. The van der Waals surface area contributed by atoms with Gasteiger partial charge >= 0.3 is 0 Å². The lowest BCUT2D eigenvalue weighted by Crippen LogP contribution is -2.36. The number of ketones is 2. The van der Waals surface area contributed by atoms with Gasteiger partial charge in [-0.05, 0) is 36.1 Å². The standard InChI is InChI=1S/C32H34N4O4/c37-25-13-14-26(38)30-29(25)31(39)27-23(35-17-15-33-19-21-7-3-1-4-8-21)11-12-24(28(27)32(30)40)36-18-16-34-20-22-9-5-2-6-10-22/h1-10,13-14,33-38H,11-12,15-20H2. The normalized spacial score (nSPS) is 14.7. The van der Waals surface area contributed by atoms with Crippen molar-refractivity contribution in [2.24, 2.45) is 0 Å². The van der Waals surface area contributed by atoms with Crippen molar-refractivity contribution in [1.82, 2.24) is 21.3 Å². The average molecular weight is 539 g/mol. The molecule has 0 fully saturated rings. The van der Waals surface area contributed by atoms with Crippen molar-refractivity contribution >= 4 is 11.6 Å². The summed E-state index contributed by atoms with van der Waals surface area (Å²) in [6.45, 7) is 3.89. The third kappa shape index (κ3) is 5.93. The van der Waals surface area contributed by atoms with E-state index in [9.17, 15) is 19.8 Å². The van der Waals surface area contributed by atoms with Gasteiger partial charge < -0.3 is 31.5 Å². The lowest BCUT2D eigenvalue weighted by atomic mass is 9.76. The summed E-state index contributed by atoms with van der Waals surface area (Å²) < 4.78 is 0. The van der Waals surface area contributed by atoms with Gasteiger partial charge in [0.15, 0.2) is 11.6 Å². The molecule has 206 valence electrons. The maximum Gasteiger partial charge on any atom is 0.200 e. The zero-order valence-corrected chi connectivity index (χ0v) is 22.3. The molecule has 0 atom stereocenters. The smallest absolute Gasteiger partial charge is 0.200 e. The van der Waals surface area contributed by atoms with Crippen molar-refractivity contribution in [3.8, 4) is 11.5 Å². The highest BCUT2D eigenvalue weighted by molar-refractivity contribution is 6.33. The van der Waals surface area contributed by atoms with Crippen LogP contribution in [0.3, 0.4) is 0 Å². The van der Waals surface area contributed by atoms with E-state index in [4.69, 9.17) is 0 Å². The van der Waals surface area contributed by atoms with Crippen LogP contribution in [0.5, 0.6) is 11.5 Å². The summed E-state index contributed by atoms with van der Waals surface area (Å²) in [4.78, 5) is 27.4. The fourth-order valence-corrected chi connectivity index (χ4v) is 5.21. The lowest BCUT2D eigenvalue weighted by molar-refractivity contribution is 0.0963. The van der Waals surface area contributed by atoms with E-state index in [-0.39, 0.29) is 33.8 Å². The number of hydrogen-bond acceptors (Lipinski definition) is 8. The van der Waals surface area contributed by atoms with E-state index in [0.717, 1.165) is 13.1 Å². The number of benzene rings is 3. The zero-order chi connectivity index (χ0) is 27.9. The molecule has 0 amide bonds. The molecule has 0 heterocycles. The second-order valence-corrected chi connectivity index (χ2v) is 9.90. The Morgan fingerprint density at radius 1 is 0.550 bits per heavy atom. The molecule has 0 aliphatic heterocycles. The van der Waals surface area contributed by atoms with Crippen molar-refractivity contribution in [1.29, 1.82) is 0 Å². The molecule has 5 rings (SSSR count). The molecule has 8 nitrogen and oxygen atoms in total. The molecule has 8 heteroatoms.